The van der Waals surface area contributed by atoms with Gasteiger partial charge in [0.1, 0.15) is 0 Å². The van der Waals surface area contributed by atoms with Gasteiger partial charge in [0.05, 0.1) is 0 Å². The summed E-state index contributed by atoms with van der Waals surface area (Å²) in [4.78, 5) is 4.85. The molecule has 0 saturated carbocycles. The molecule has 0 bridgehead atoms. The number of rotatable bonds is 3. The van der Waals surface area contributed by atoms with Gasteiger partial charge in [0.15, 0.2) is 0 Å². The lowest BCUT2D eigenvalue weighted by Crippen LogP contribution is -2.17. The lowest BCUT2D eigenvalue weighted by atomic mass is 10.1. The molecule has 138 valence electrons. The molecule has 0 spiro atoms. The van der Waals surface area contributed by atoms with Gasteiger partial charge in [-0.05, 0) is 68.7 Å². The molecule has 2 aliphatic heterocycles. The van der Waals surface area contributed by atoms with Crippen molar-refractivity contribution in [3.63, 3.8) is 0 Å². The molecule has 2 aromatic carbocycles. The van der Waals surface area contributed by atoms with Gasteiger partial charge in [-0.2, -0.15) is 0 Å². The first-order valence-corrected chi connectivity index (χ1v) is 10.1. The molecule has 5 rings (SSSR count). The second kappa shape index (κ2) is 6.19. The molecular formula is C24H27N3. The Balaban J connectivity index is 1.47. The van der Waals surface area contributed by atoms with Crippen molar-refractivity contribution in [3.8, 4) is 0 Å². The summed E-state index contributed by atoms with van der Waals surface area (Å²) in [5.74, 6) is 0. The summed E-state index contributed by atoms with van der Waals surface area (Å²) in [6.07, 6.45) is 4.80. The van der Waals surface area contributed by atoms with Gasteiger partial charge in [-0.25, -0.2) is 0 Å². The zero-order valence-electron chi connectivity index (χ0n) is 16.3. The number of aromatic nitrogens is 1. The van der Waals surface area contributed by atoms with Crippen LogP contribution in [-0.4, -0.2) is 17.7 Å². The first kappa shape index (κ1) is 16.5. The van der Waals surface area contributed by atoms with Gasteiger partial charge >= 0.3 is 0 Å². The first-order valence-electron chi connectivity index (χ1n) is 10.1. The van der Waals surface area contributed by atoms with Gasteiger partial charge in [-0.3, -0.25) is 0 Å². The third kappa shape index (κ3) is 2.64. The summed E-state index contributed by atoms with van der Waals surface area (Å²) < 4.78 is 2.33. The Morgan fingerprint density at radius 2 is 1.70 bits per heavy atom. The largest absolute Gasteiger partial charge is 0.372 e. The summed E-state index contributed by atoms with van der Waals surface area (Å²) >= 11 is 0. The van der Waals surface area contributed by atoms with Gasteiger partial charge in [-0.1, -0.05) is 12.6 Å². The molecule has 0 amide bonds. The molecule has 0 aliphatic carbocycles. The number of fused-ring (bicyclic) bond motifs is 2. The Hall–Kier alpha value is -2.68. The quantitative estimate of drug-likeness (QED) is 0.586. The molecule has 1 aromatic heterocycles. The van der Waals surface area contributed by atoms with Crippen LogP contribution in [-0.2, 0) is 6.54 Å². The van der Waals surface area contributed by atoms with E-state index in [0.29, 0.717) is 6.04 Å². The Morgan fingerprint density at radius 3 is 2.48 bits per heavy atom. The number of benzene rings is 2. The average molecular weight is 358 g/mol. The van der Waals surface area contributed by atoms with Crippen LogP contribution in [0.5, 0.6) is 0 Å². The first-order chi connectivity index (χ1) is 13.1. The highest BCUT2D eigenvalue weighted by atomic mass is 15.2. The van der Waals surface area contributed by atoms with Crippen molar-refractivity contribution in [3.05, 3.63) is 66.4 Å². The van der Waals surface area contributed by atoms with Crippen molar-refractivity contribution >= 4 is 28.0 Å². The molecule has 2 aliphatic rings. The van der Waals surface area contributed by atoms with Crippen LogP contribution in [0.25, 0.3) is 16.6 Å². The van der Waals surface area contributed by atoms with E-state index in [-0.39, 0.29) is 0 Å². The second-order valence-electron chi connectivity index (χ2n) is 8.13. The van der Waals surface area contributed by atoms with Crippen molar-refractivity contribution in [2.45, 2.75) is 39.3 Å². The van der Waals surface area contributed by atoms with E-state index in [1.807, 2.05) is 0 Å². The van der Waals surface area contributed by atoms with Crippen LogP contribution in [0.4, 0.5) is 11.4 Å². The fourth-order valence-electron chi connectivity index (χ4n) is 4.57. The molecule has 3 heteroatoms. The minimum atomic E-state index is 0.475. The maximum absolute atomic E-state index is 4.44. The predicted molar refractivity (Wildman–Crippen MR) is 115 cm³/mol. The standard InChI is InChI=1S/C24H27N3/c1-17(2)26-13-10-19-14-22(8-9-24(19)26)27-16-20-6-7-21(15-23(20)18(27)3)25-11-4-5-12-25/h6-10,13-15,17H,3-5,11-12,16H2,1-2H3. The van der Waals surface area contributed by atoms with Crippen LogP contribution in [0.15, 0.2) is 55.2 Å². The molecule has 27 heavy (non-hydrogen) atoms. The molecule has 3 aromatic rings. The molecule has 1 fully saturated rings. The smallest absolute Gasteiger partial charge is 0.0488 e. The zero-order chi connectivity index (χ0) is 18.5. The summed E-state index contributed by atoms with van der Waals surface area (Å²) in [6, 6.07) is 16.4. The van der Waals surface area contributed by atoms with Gasteiger partial charge < -0.3 is 14.4 Å². The Morgan fingerprint density at radius 1 is 0.926 bits per heavy atom. The normalized spacial score (nSPS) is 16.8. The lowest BCUT2D eigenvalue weighted by Gasteiger charge is -2.20. The van der Waals surface area contributed by atoms with E-state index in [0.717, 1.165) is 12.2 Å². The molecule has 0 unspecified atom stereocenters. The minimum Gasteiger partial charge on any atom is -0.372 e. The second-order valence-corrected chi connectivity index (χ2v) is 8.13. The van der Waals surface area contributed by atoms with E-state index < -0.39 is 0 Å². The molecule has 3 heterocycles. The molecule has 3 nitrogen and oxygen atoms in total. The highest BCUT2D eigenvalue weighted by molar-refractivity contribution is 5.90. The van der Waals surface area contributed by atoms with Gasteiger partial charge in [0.25, 0.3) is 0 Å². The predicted octanol–water partition coefficient (Wildman–Crippen LogP) is 5.81. The number of hydrogen-bond donors (Lipinski definition) is 0. The van der Waals surface area contributed by atoms with Crippen molar-refractivity contribution in [1.82, 2.24) is 4.57 Å². The Bertz CT molecular complexity index is 1020. The van der Waals surface area contributed by atoms with Crippen LogP contribution in [0.1, 0.15) is 43.9 Å². The summed E-state index contributed by atoms with van der Waals surface area (Å²) in [5.41, 5.74) is 7.68. The number of hydrogen-bond acceptors (Lipinski definition) is 2. The monoisotopic (exact) mass is 357 g/mol. The topological polar surface area (TPSA) is 11.4 Å². The summed E-state index contributed by atoms with van der Waals surface area (Å²) in [5, 5.41) is 1.29. The van der Waals surface area contributed by atoms with Gasteiger partial charge in [-0.15, -0.1) is 0 Å². The fourth-order valence-corrected chi connectivity index (χ4v) is 4.57. The van der Waals surface area contributed by atoms with Crippen LogP contribution in [0, 0.1) is 0 Å². The maximum Gasteiger partial charge on any atom is 0.0488 e. The van der Waals surface area contributed by atoms with Crippen molar-refractivity contribution in [2.75, 3.05) is 22.9 Å². The van der Waals surface area contributed by atoms with Crippen molar-refractivity contribution in [2.24, 2.45) is 0 Å². The van der Waals surface area contributed by atoms with Crippen LogP contribution in [0.3, 0.4) is 0 Å². The molecular weight excluding hydrogens is 330 g/mol. The van der Waals surface area contributed by atoms with Gasteiger partial charge in [0.2, 0.25) is 0 Å². The SMILES string of the molecule is C=C1c2cc(N3CCCC3)ccc2CN1c1ccc2c(ccn2C(C)C)c1. The van der Waals surface area contributed by atoms with Gasteiger partial charge in [0, 0.05) is 65.4 Å². The van der Waals surface area contributed by atoms with E-state index in [2.05, 4.69) is 83.5 Å². The molecule has 0 N–H and O–H groups in total. The van der Waals surface area contributed by atoms with E-state index >= 15 is 0 Å². The van der Waals surface area contributed by atoms with E-state index in [4.69, 9.17) is 0 Å². The van der Waals surface area contributed by atoms with Crippen molar-refractivity contribution in [1.29, 1.82) is 0 Å². The number of nitrogens with zero attached hydrogens (tertiary/aromatic N) is 3. The lowest BCUT2D eigenvalue weighted by molar-refractivity contribution is 0.623. The molecule has 1 saturated heterocycles. The molecule has 0 radical (unpaired) electrons. The highest BCUT2D eigenvalue weighted by Gasteiger charge is 2.25. The zero-order valence-corrected chi connectivity index (χ0v) is 16.3. The summed E-state index contributed by atoms with van der Waals surface area (Å²) in [6.45, 7) is 12.2. The Labute approximate surface area is 161 Å². The van der Waals surface area contributed by atoms with E-state index in [9.17, 15) is 0 Å². The van der Waals surface area contributed by atoms with Crippen LogP contribution in [0.2, 0.25) is 0 Å². The highest BCUT2D eigenvalue weighted by Crippen LogP contribution is 2.39. The fraction of sp³-hybridized carbons (Fsp3) is 0.333. The molecule has 0 atom stereocenters. The summed E-state index contributed by atoms with van der Waals surface area (Å²) in [7, 11) is 0. The van der Waals surface area contributed by atoms with Crippen molar-refractivity contribution < 1.29 is 0 Å². The third-order valence-electron chi connectivity index (χ3n) is 6.10. The maximum atomic E-state index is 4.44. The van der Waals surface area contributed by atoms with E-state index in [1.165, 1.54) is 59.3 Å². The van der Waals surface area contributed by atoms with E-state index in [1.54, 1.807) is 0 Å². The Kier molecular flexibility index (Phi) is 3.78. The minimum absolute atomic E-state index is 0.475. The third-order valence-corrected chi connectivity index (χ3v) is 6.10. The number of anilines is 2. The van der Waals surface area contributed by atoms with Crippen LogP contribution >= 0.6 is 0 Å². The van der Waals surface area contributed by atoms with Crippen LogP contribution < -0.4 is 9.80 Å². The average Bonchev–Trinajstić information content (AvgIpc) is 3.40.